The van der Waals surface area contributed by atoms with Crippen LogP contribution in [0.25, 0.3) is 0 Å². The third-order valence-corrected chi connectivity index (χ3v) is 5.17. The summed E-state index contributed by atoms with van der Waals surface area (Å²) < 4.78 is 5.37. The first-order valence-electron chi connectivity index (χ1n) is 3.87. The van der Waals surface area contributed by atoms with Gasteiger partial charge in [0.05, 0.1) is 0 Å². The van der Waals surface area contributed by atoms with Gasteiger partial charge in [0.15, 0.2) is 9.04 Å². The second-order valence-electron chi connectivity index (χ2n) is 2.99. The quantitative estimate of drug-likeness (QED) is 0.538. The topological polar surface area (TPSA) is 9.23 Å². The van der Waals surface area contributed by atoms with Gasteiger partial charge < -0.3 is 4.43 Å². The molecule has 54 valence electrons. The Morgan fingerprint density at radius 3 is 2.33 bits per heavy atom. The van der Waals surface area contributed by atoms with Crippen LogP contribution in [-0.2, 0) is 4.43 Å². The van der Waals surface area contributed by atoms with E-state index in [0.717, 1.165) is 5.54 Å². The van der Waals surface area contributed by atoms with Crippen molar-refractivity contribution in [2.24, 2.45) is 0 Å². The summed E-state index contributed by atoms with van der Waals surface area (Å²) in [4.78, 5) is 0. The van der Waals surface area contributed by atoms with Gasteiger partial charge in [-0.15, -0.1) is 0 Å². The van der Waals surface area contributed by atoms with Crippen LogP contribution < -0.4 is 0 Å². The Morgan fingerprint density at radius 2 is 1.89 bits per heavy atom. The highest BCUT2D eigenvalue weighted by Crippen LogP contribution is 2.32. The van der Waals surface area contributed by atoms with Crippen LogP contribution in [0.1, 0.15) is 25.7 Å². The van der Waals surface area contributed by atoms with E-state index in [2.05, 4.69) is 6.55 Å². The SMILES string of the molecule is CO[SiH](C)C1CCCC1. The maximum atomic E-state index is 5.37. The van der Waals surface area contributed by atoms with Gasteiger partial charge in [0.2, 0.25) is 0 Å². The minimum Gasteiger partial charge on any atom is -0.423 e. The molecule has 2 heteroatoms. The van der Waals surface area contributed by atoms with Crippen LogP contribution in [0.5, 0.6) is 0 Å². The summed E-state index contributed by atoms with van der Waals surface area (Å²) in [6.07, 6.45) is 5.79. The molecule has 0 amide bonds. The minimum atomic E-state index is -0.734. The molecule has 0 spiro atoms. The predicted molar refractivity (Wildman–Crippen MR) is 42.2 cm³/mol. The van der Waals surface area contributed by atoms with Gasteiger partial charge in [-0.3, -0.25) is 0 Å². The van der Waals surface area contributed by atoms with Crippen LogP contribution in [0.15, 0.2) is 0 Å². The van der Waals surface area contributed by atoms with Gasteiger partial charge >= 0.3 is 0 Å². The Kier molecular flexibility index (Phi) is 2.73. The second-order valence-corrected chi connectivity index (χ2v) is 5.81. The van der Waals surface area contributed by atoms with E-state index < -0.39 is 9.04 Å². The zero-order valence-corrected chi connectivity index (χ0v) is 7.55. The maximum Gasteiger partial charge on any atom is 0.176 e. The third-order valence-electron chi connectivity index (χ3n) is 2.44. The van der Waals surface area contributed by atoms with Gasteiger partial charge in [-0.05, 0) is 12.1 Å². The van der Waals surface area contributed by atoms with Crippen molar-refractivity contribution in [1.29, 1.82) is 0 Å². The summed E-state index contributed by atoms with van der Waals surface area (Å²) in [5.41, 5.74) is 0.995. The van der Waals surface area contributed by atoms with Gasteiger partial charge in [0.25, 0.3) is 0 Å². The fourth-order valence-electron chi connectivity index (χ4n) is 1.62. The molecule has 0 bridgehead atoms. The van der Waals surface area contributed by atoms with Crippen LogP contribution in [0, 0.1) is 0 Å². The van der Waals surface area contributed by atoms with Gasteiger partial charge in [-0.2, -0.15) is 0 Å². The number of hydrogen-bond acceptors (Lipinski definition) is 1. The summed E-state index contributed by atoms with van der Waals surface area (Å²) in [5, 5.41) is 0. The molecular formula is C7H16OSi. The van der Waals surface area contributed by atoms with Crippen molar-refractivity contribution in [3.8, 4) is 0 Å². The smallest absolute Gasteiger partial charge is 0.176 e. The van der Waals surface area contributed by atoms with E-state index in [0.29, 0.717) is 0 Å². The van der Waals surface area contributed by atoms with Crippen molar-refractivity contribution in [2.75, 3.05) is 7.11 Å². The number of hydrogen-bond donors (Lipinski definition) is 0. The molecule has 1 atom stereocenters. The molecule has 0 heterocycles. The standard InChI is InChI=1S/C7H16OSi/c1-8-9(2)7-5-3-4-6-7/h7,9H,3-6H2,1-2H3. The maximum absolute atomic E-state index is 5.37. The minimum absolute atomic E-state index is 0.734. The van der Waals surface area contributed by atoms with Crippen LogP contribution in [-0.4, -0.2) is 16.2 Å². The highest BCUT2D eigenvalue weighted by Gasteiger charge is 2.22. The zero-order chi connectivity index (χ0) is 6.69. The molecule has 1 aliphatic rings. The van der Waals surface area contributed by atoms with Gasteiger partial charge in [0, 0.05) is 7.11 Å². The fourth-order valence-corrected chi connectivity index (χ4v) is 3.41. The lowest BCUT2D eigenvalue weighted by Crippen LogP contribution is -2.16. The molecule has 1 fully saturated rings. The Balaban J connectivity index is 2.24. The van der Waals surface area contributed by atoms with Gasteiger partial charge in [-0.1, -0.05) is 25.7 Å². The van der Waals surface area contributed by atoms with E-state index in [1.54, 1.807) is 0 Å². The molecule has 9 heavy (non-hydrogen) atoms. The van der Waals surface area contributed by atoms with Crippen LogP contribution in [0.2, 0.25) is 12.1 Å². The summed E-state index contributed by atoms with van der Waals surface area (Å²) >= 11 is 0. The normalized spacial score (nSPS) is 24.7. The van der Waals surface area contributed by atoms with Crippen LogP contribution >= 0.6 is 0 Å². The number of rotatable bonds is 2. The first-order chi connectivity index (χ1) is 4.34. The first kappa shape index (κ1) is 7.29. The molecular weight excluding hydrogens is 128 g/mol. The lowest BCUT2D eigenvalue weighted by molar-refractivity contribution is 0.411. The molecule has 0 aromatic carbocycles. The summed E-state index contributed by atoms with van der Waals surface area (Å²) in [6, 6.07) is 0. The molecule has 1 aliphatic carbocycles. The van der Waals surface area contributed by atoms with Crippen molar-refractivity contribution < 1.29 is 4.43 Å². The Hall–Kier alpha value is 0.177. The van der Waals surface area contributed by atoms with Crippen molar-refractivity contribution in [1.82, 2.24) is 0 Å². The fraction of sp³-hybridized carbons (Fsp3) is 1.00. The molecule has 1 saturated carbocycles. The van der Waals surface area contributed by atoms with E-state index in [4.69, 9.17) is 4.43 Å². The Labute approximate surface area is 59.1 Å². The lowest BCUT2D eigenvalue weighted by Gasteiger charge is -2.13. The van der Waals surface area contributed by atoms with Crippen molar-refractivity contribution in [3.63, 3.8) is 0 Å². The molecule has 0 saturated heterocycles. The van der Waals surface area contributed by atoms with Crippen LogP contribution in [0.3, 0.4) is 0 Å². The Morgan fingerprint density at radius 1 is 1.33 bits per heavy atom. The molecule has 1 unspecified atom stereocenters. The average Bonchev–Trinajstić information content (AvgIpc) is 2.37. The van der Waals surface area contributed by atoms with E-state index in [9.17, 15) is 0 Å². The monoisotopic (exact) mass is 144 g/mol. The summed E-state index contributed by atoms with van der Waals surface area (Å²) in [6.45, 7) is 2.32. The highest BCUT2D eigenvalue weighted by atomic mass is 28.3. The molecule has 0 aromatic rings. The first-order valence-corrected chi connectivity index (χ1v) is 6.16. The van der Waals surface area contributed by atoms with Crippen LogP contribution in [0.4, 0.5) is 0 Å². The Bertz CT molecular complexity index is 79.0. The van der Waals surface area contributed by atoms with E-state index in [1.807, 2.05) is 7.11 Å². The van der Waals surface area contributed by atoms with Gasteiger partial charge in [-0.25, -0.2) is 0 Å². The zero-order valence-electron chi connectivity index (χ0n) is 6.39. The van der Waals surface area contributed by atoms with E-state index >= 15 is 0 Å². The second kappa shape index (κ2) is 3.37. The molecule has 1 nitrogen and oxygen atoms in total. The van der Waals surface area contributed by atoms with E-state index in [-0.39, 0.29) is 0 Å². The highest BCUT2D eigenvalue weighted by molar-refractivity contribution is 6.52. The predicted octanol–water partition coefficient (Wildman–Crippen LogP) is 1.93. The molecule has 0 radical (unpaired) electrons. The molecule has 0 N–H and O–H groups in total. The average molecular weight is 144 g/mol. The lowest BCUT2D eigenvalue weighted by atomic mass is 10.4. The molecule has 0 aliphatic heterocycles. The van der Waals surface area contributed by atoms with Crippen molar-refractivity contribution >= 4 is 9.04 Å². The summed E-state index contributed by atoms with van der Waals surface area (Å²) in [5.74, 6) is 0. The molecule has 1 rings (SSSR count). The third kappa shape index (κ3) is 1.80. The van der Waals surface area contributed by atoms with Crippen molar-refractivity contribution in [2.45, 2.75) is 37.8 Å². The largest absolute Gasteiger partial charge is 0.423 e. The molecule has 0 aromatic heterocycles. The van der Waals surface area contributed by atoms with Gasteiger partial charge in [0.1, 0.15) is 0 Å². The summed E-state index contributed by atoms with van der Waals surface area (Å²) in [7, 11) is 1.14. The van der Waals surface area contributed by atoms with Crippen molar-refractivity contribution in [3.05, 3.63) is 0 Å². The van der Waals surface area contributed by atoms with E-state index in [1.165, 1.54) is 25.7 Å².